The van der Waals surface area contributed by atoms with E-state index in [4.69, 9.17) is 0 Å². The van der Waals surface area contributed by atoms with Gasteiger partial charge in [0.2, 0.25) is 5.95 Å². The van der Waals surface area contributed by atoms with E-state index in [0.717, 1.165) is 30.4 Å². The molecule has 1 aliphatic heterocycles. The highest BCUT2D eigenvalue weighted by Gasteiger charge is 2.22. The van der Waals surface area contributed by atoms with Crippen LogP contribution in [0.15, 0.2) is 12.3 Å². The van der Waals surface area contributed by atoms with Crippen LogP contribution in [0.25, 0.3) is 11.0 Å². The molecule has 0 saturated heterocycles. The largest absolute Gasteiger partial charge is 0.356 e. The molecule has 1 N–H and O–H groups in total. The van der Waals surface area contributed by atoms with E-state index in [1.807, 2.05) is 0 Å². The first-order chi connectivity index (χ1) is 8.81. The number of aromatic nitrogens is 3. The van der Waals surface area contributed by atoms with Gasteiger partial charge in [-0.15, -0.1) is 0 Å². The Kier molecular flexibility index (Phi) is 2.04. The molecule has 0 amide bonds. The number of nitrogens with zero attached hydrogens (tertiary/aromatic N) is 4. The third kappa shape index (κ3) is 1.39. The molecule has 94 valence electrons. The van der Waals surface area contributed by atoms with Gasteiger partial charge in [0, 0.05) is 32.4 Å². The van der Waals surface area contributed by atoms with Crippen molar-refractivity contribution in [3.63, 3.8) is 0 Å². The highest BCUT2D eigenvalue weighted by atomic mass is 15.3. The lowest BCUT2D eigenvalue weighted by Crippen LogP contribution is -2.31. The fourth-order valence-electron chi connectivity index (χ4n) is 2.70. The fourth-order valence-corrected chi connectivity index (χ4v) is 2.70. The van der Waals surface area contributed by atoms with Crippen LogP contribution in [0.2, 0.25) is 0 Å². The Bertz CT molecular complexity index is 599. The van der Waals surface area contributed by atoms with E-state index in [-0.39, 0.29) is 0 Å². The Balaban J connectivity index is 1.81. The molecule has 5 nitrogen and oxygen atoms in total. The fraction of sp³-hybridized carbons (Fsp3) is 0.538. The maximum absolute atomic E-state index is 4.69. The minimum absolute atomic E-state index is 0.575. The number of nitrogens with one attached hydrogen (secondary N) is 1. The average molecular weight is 243 g/mol. The minimum atomic E-state index is 0.575. The maximum Gasteiger partial charge on any atom is 0.225 e. The Morgan fingerprint density at radius 1 is 1.28 bits per heavy atom. The summed E-state index contributed by atoms with van der Waals surface area (Å²) < 4.78 is 2.25. The Morgan fingerprint density at radius 3 is 2.94 bits per heavy atom. The van der Waals surface area contributed by atoms with Gasteiger partial charge < -0.3 is 14.8 Å². The molecule has 0 spiro atoms. The van der Waals surface area contributed by atoms with E-state index in [1.165, 1.54) is 24.8 Å². The number of anilines is 2. The van der Waals surface area contributed by atoms with E-state index >= 15 is 0 Å². The average Bonchev–Trinajstić information content (AvgIpc) is 2.73. The zero-order valence-corrected chi connectivity index (χ0v) is 10.6. The summed E-state index contributed by atoms with van der Waals surface area (Å²) in [7, 11) is 2.10. The van der Waals surface area contributed by atoms with Crippen molar-refractivity contribution in [1.82, 2.24) is 14.5 Å². The first kappa shape index (κ1) is 10.2. The van der Waals surface area contributed by atoms with Crippen LogP contribution in [0.3, 0.4) is 0 Å². The number of hydrogen-bond acceptors (Lipinski definition) is 4. The van der Waals surface area contributed by atoms with Gasteiger partial charge in [-0.3, -0.25) is 0 Å². The monoisotopic (exact) mass is 243 g/mol. The molecular weight excluding hydrogens is 226 g/mol. The maximum atomic E-state index is 4.69. The molecule has 2 aromatic heterocycles. The molecular formula is C13H17N5. The second kappa shape index (κ2) is 3.60. The smallest absolute Gasteiger partial charge is 0.225 e. The second-order valence-corrected chi connectivity index (χ2v) is 5.31. The molecule has 18 heavy (non-hydrogen) atoms. The zero-order chi connectivity index (χ0) is 12.1. The van der Waals surface area contributed by atoms with Crippen molar-refractivity contribution in [3.05, 3.63) is 12.3 Å². The van der Waals surface area contributed by atoms with Crippen molar-refractivity contribution in [2.75, 3.05) is 23.8 Å². The van der Waals surface area contributed by atoms with E-state index in [0.29, 0.717) is 6.04 Å². The van der Waals surface area contributed by atoms with Gasteiger partial charge in [0.15, 0.2) is 5.82 Å². The van der Waals surface area contributed by atoms with Crippen LogP contribution in [0, 0.1) is 0 Å². The van der Waals surface area contributed by atoms with Gasteiger partial charge in [-0.2, -0.15) is 4.98 Å². The molecule has 1 fully saturated rings. The lowest BCUT2D eigenvalue weighted by molar-refractivity contribution is 0.443. The van der Waals surface area contributed by atoms with Gasteiger partial charge in [-0.1, -0.05) is 0 Å². The Morgan fingerprint density at radius 2 is 2.17 bits per heavy atom. The number of rotatable bonds is 2. The van der Waals surface area contributed by atoms with Crippen molar-refractivity contribution in [2.24, 2.45) is 0 Å². The predicted octanol–water partition coefficient (Wildman–Crippen LogP) is 1.85. The van der Waals surface area contributed by atoms with Crippen LogP contribution in [0.5, 0.6) is 0 Å². The van der Waals surface area contributed by atoms with Crippen LogP contribution < -0.4 is 10.2 Å². The molecule has 2 aromatic rings. The van der Waals surface area contributed by atoms with Crippen LogP contribution in [0.1, 0.15) is 19.3 Å². The van der Waals surface area contributed by atoms with Crippen LogP contribution in [0.4, 0.5) is 11.8 Å². The molecule has 0 bridgehead atoms. The third-order valence-electron chi connectivity index (χ3n) is 4.07. The molecule has 1 saturated carbocycles. The molecule has 3 heterocycles. The molecule has 0 atom stereocenters. The summed E-state index contributed by atoms with van der Waals surface area (Å²) in [4.78, 5) is 11.5. The van der Waals surface area contributed by atoms with Gasteiger partial charge in [0.1, 0.15) is 5.52 Å². The van der Waals surface area contributed by atoms with Gasteiger partial charge in [-0.25, -0.2) is 4.98 Å². The summed E-state index contributed by atoms with van der Waals surface area (Å²) in [5.41, 5.74) is 2.22. The molecule has 0 unspecified atom stereocenters. The predicted molar refractivity (Wildman–Crippen MR) is 72.1 cm³/mol. The zero-order valence-electron chi connectivity index (χ0n) is 10.6. The second-order valence-electron chi connectivity index (χ2n) is 5.31. The molecule has 5 heteroatoms. The first-order valence-electron chi connectivity index (χ1n) is 6.66. The normalized spacial score (nSPS) is 19.1. The SMILES string of the molecule is CN1CCn2ccc3nc(NC4CCC4)nc1c32. The standard InChI is InChI=1S/C13H17N5/c1-17-7-8-18-6-5-10-11(18)12(17)16-13(15-10)14-9-3-2-4-9/h5-6,9H,2-4,7-8H2,1H3,(H,14,15,16). The summed E-state index contributed by atoms with van der Waals surface area (Å²) in [5, 5.41) is 3.44. The van der Waals surface area contributed by atoms with Crippen molar-refractivity contribution in [2.45, 2.75) is 31.8 Å². The summed E-state index contributed by atoms with van der Waals surface area (Å²) >= 11 is 0. The summed E-state index contributed by atoms with van der Waals surface area (Å²) in [6.45, 7) is 2.03. The Labute approximate surface area is 106 Å². The lowest BCUT2D eigenvalue weighted by atomic mass is 9.93. The topological polar surface area (TPSA) is 46.0 Å². The van der Waals surface area contributed by atoms with Crippen LogP contribution in [-0.2, 0) is 6.54 Å². The molecule has 0 aromatic carbocycles. The van der Waals surface area contributed by atoms with Gasteiger partial charge in [0.25, 0.3) is 0 Å². The van der Waals surface area contributed by atoms with Crippen LogP contribution >= 0.6 is 0 Å². The molecule has 2 aliphatic rings. The summed E-state index contributed by atoms with van der Waals surface area (Å²) in [6, 6.07) is 2.66. The van der Waals surface area contributed by atoms with Crippen molar-refractivity contribution < 1.29 is 0 Å². The highest BCUT2D eigenvalue weighted by Crippen LogP contribution is 2.30. The number of hydrogen-bond donors (Lipinski definition) is 1. The third-order valence-corrected chi connectivity index (χ3v) is 4.07. The minimum Gasteiger partial charge on any atom is -0.356 e. The van der Waals surface area contributed by atoms with Crippen molar-refractivity contribution >= 4 is 22.8 Å². The first-order valence-corrected chi connectivity index (χ1v) is 6.66. The van der Waals surface area contributed by atoms with Crippen molar-refractivity contribution in [3.8, 4) is 0 Å². The number of likely N-dealkylation sites (N-methyl/N-ethyl adjacent to an activating group) is 1. The van der Waals surface area contributed by atoms with Gasteiger partial charge >= 0.3 is 0 Å². The molecule has 4 rings (SSSR count). The van der Waals surface area contributed by atoms with E-state index in [2.05, 4.69) is 44.1 Å². The lowest BCUT2D eigenvalue weighted by Gasteiger charge is -2.28. The summed E-state index contributed by atoms with van der Waals surface area (Å²) in [5.74, 6) is 1.84. The Hall–Kier alpha value is -1.78. The quantitative estimate of drug-likeness (QED) is 0.874. The summed E-state index contributed by atoms with van der Waals surface area (Å²) in [6.07, 6.45) is 5.92. The van der Waals surface area contributed by atoms with Gasteiger partial charge in [0.05, 0.1) is 5.52 Å². The van der Waals surface area contributed by atoms with E-state index in [1.54, 1.807) is 0 Å². The highest BCUT2D eigenvalue weighted by molar-refractivity contribution is 5.88. The van der Waals surface area contributed by atoms with Gasteiger partial charge in [-0.05, 0) is 25.3 Å². The van der Waals surface area contributed by atoms with E-state index < -0.39 is 0 Å². The molecule has 0 radical (unpaired) electrons. The van der Waals surface area contributed by atoms with Crippen molar-refractivity contribution in [1.29, 1.82) is 0 Å². The van der Waals surface area contributed by atoms with E-state index in [9.17, 15) is 0 Å². The van der Waals surface area contributed by atoms with Crippen LogP contribution in [-0.4, -0.2) is 34.2 Å². The molecule has 1 aliphatic carbocycles.